The van der Waals surface area contributed by atoms with Crippen molar-refractivity contribution in [2.75, 3.05) is 0 Å². The number of phenolic OH excluding ortho intramolecular Hbond substituents is 1. The van der Waals surface area contributed by atoms with E-state index in [1.807, 2.05) is 6.07 Å². The summed E-state index contributed by atoms with van der Waals surface area (Å²) in [6, 6.07) is 5.84. The molecule has 1 N–H and O–H groups in total. The van der Waals surface area contributed by atoms with E-state index in [9.17, 15) is 5.11 Å². The summed E-state index contributed by atoms with van der Waals surface area (Å²) in [5, 5.41) is 9.68. The molecule has 0 heterocycles. The first-order chi connectivity index (χ1) is 6.27. The lowest BCUT2D eigenvalue weighted by Gasteiger charge is -2.08. The fraction of sp³-hybridized carbons (Fsp3) is 0.455. The fourth-order valence-electron chi connectivity index (χ4n) is 1.93. The molecule has 70 valence electrons. The Morgan fingerprint density at radius 1 is 1.38 bits per heavy atom. The number of fused-ring (bicyclic) bond motifs is 1. The van der Waals surface area contributed by atoms with Crippen LogP contribution in [-0.4, -0.2) is 9.93 Å². The molecule has 0 aromatic heterocycles. The summed E-state index contributed by atoms with van der Waals surface area (Å²) in [4.78, 5) is 0.530. The van der Waals surface area contributed by atoms with E-state index >= 15 is 0 Å². The van der Waals surface area contributed by atoms with E-state index in [2.05, 4.69) is 22.0 Å². The van der Waals surface area contributed by atoms with Crippen molar-refractivity contribution < 1.29 is 5.11 Å². The smallest absolute Gasteiger partial charge is 0.119 e. The Balaban J connectivity index is 2.40. The number of benzene rings is 1. The Bertz CT molecular complexity index is 309. The summed E-state index contributed by atoms with van der Waals surface area (Å²) in [5.41, 5.74) is 2.46. The minimum Gasteiger partial charge on any atom is -0.508 e. The first-order valence-electron chi connectivity index (χ1n) is 4.71. The van der Waals surface area contributed by atoms with Gasteiger partial charge >= 0.3 is 0 Å². The lowest BCUT2D eigenvalue weighted by atomic mass is 10.0. The molecule has 0 aliphatic heterocycles. The third-order valence-corrected chi connectivity index (χ3v) is 3.42. The molecule has 0 amide bonds. The highest BCUT2D eigenvalue weighted by Crippen LogP contribution is 2.30. The van der Waals surface area contributed by atoms with Crippen molar-refractivity contribution in [2.24, 2.45) is 0 Å². The molecule has 1 aliphatic rings. The molecule has 0 saturated heterocycles. The summed E-state index contributed by atoms with van der Waals surface area (Å²) in [5.74, 6) is 0.462. The number of aromatic hydroxyl groups is 1. The first-order valence-corrected chi connectivity index (χ1v) is 5.63. The zero-order chi connectivity index (χ0) is 9.26. The number of phenols is 1. The van der Waals surface area contributed by atoms with Crippen LogP contribution in [0.25, 0.3) is 0 Å². The summed E-state index contributed by atoms with van der Waals surface area (Å²) in [7, 11) is 0. The van der Waals surface area contributed by atoms with Gasteiger partial charge in [-0.1, -0.05) is 28.1 Å². The standard InChI is InChI=1S/C11H13BrO/c12-9-5-1-3-8-4-2-6-11(13)10(8)7-9/h2,4,6,9,13H,1,3,5,7H2. The summed E-state index contributed by atoms with van der Waals surface area (Å²) < 4.78 is 0. The zero-order valence-corrected chi connectivity index (χ0v) is 9.05. The van der Waals surface area contributed by atoms with Gasteiger partial charge in [-0.05, 0) is 42.9 Å². The number of alkyl halides is 1. The number of halogens is 1. The van der Waals surface area contributed by atoms with Gasteiger partial charge in [-0.25, -0.2) is 0 Å². The molecule has 1 atom stereocenters. The average Bonchev–Trinajstić information content (AvgIpc) is 2.28. The normalized spacial score (nSPS) is 22.1. The highest BCUT2D eigenvalue weighted by molar-refractivity contribution is 9.09. The number of hydrogen-bond donors (Lipinski definition) is 1. The van der Waals surface area contributed by atoms with E-state index in [1.54, 1.807) is 6.07 Å². The summed E-state index contributed by atoms with van der Waals surface area (Å²) in [6.45, 7) is 0. The van der Waals surface area contributed by atoms with E-state index in [-0.39, 0.29) is 0 Å². The van der Waals surface area contributed by atoms with Crippen molar-refractivity contribution in [3.63, 3.8) is 0 Å². The molecule has 2 rings (SSSR count). The van der Waals surface area contributed by atoms with E-state index in [4.69, 9.17) is 0 Å². The third kappa shape index (κ3) is 1.88. The van der Waals surface area contributed by atoms with Gasteiger partial charge < -0.3 is 5.11 Å². The average molecular weight is 241 g/mol. The Labute approximate surface area is 86.9 Å². The number of hydrogen-bond acceptors (Lipinski definition) is 1. The lowest BCUT2D eigenvalue weighted by Crippen LogP contribution is -2.00. The third-order valence-electron chi connectivity index (χ3n) is 2.64. The van der Waals surface area contributed by atoms with Crippen LogP contribution in [-0.2, 0) is 12.8 Å². The number of rotatable bonds is 0. The Morgan fingerprint density at radius 3 is 3.08 bits per heavy atom. The van der Waals surface area contributed by atoms with E-state index in [0.717, 1.165) is 18.4 Å². The predicted octanol–water partition coefficient (Wildman–Crippen LogP) is 3.03. The predicted molar refractivity (Wildman–Crippen MR) is 57.5 cm³/mol. The SMILES string of the molecule is Oc1cccc2c1CC(Br)CCC2. The second kappa shape index (κ2) is 3.70. The lowest BCUT2D eigenvalue weighted by molar-refractivity contribution is 0.467. The zero-order valence-electron chi connectivity index (χ0n) is 7.46. The molecule has 1 aromatic rings. The van der Waals surface area contributed by atoms with Crippen LogP contribution in [0.4, 0.5) is 0 Å². The molecule has 0 saturated carbocycles. The summed E-state index contributed by atoms with van der Waals surface area (Å²) in [6.07, 6.45) is 4.48. The molecule has 0 radical (unpaired) electrons. The van der Waals surface area contributed by atoms with Gasteiger partial charge in [-0.2, -0.15) is 0 Å². The van der Waals surface area contributed by atoms with Gasteiger partial charge in [-0.3, -0.25) is 0 Å². The molecular formula is C11H13BrO. The van der Waals surface area contributed by atoms with Crippen LogP contribution in [0.1, 0.15) is 24.0 Å². The van der Waals surface area contributed by atoms with Crippen molar-refractivity contribution in [1.29, 1.82) is 0 Å². The molecule has 2 heteroatoms. The molecule has 0 spiro atoms. The highest BCUT2D eigenvalue weighted by Gasteiger charge is 2.16. The van der Waals surface area contributed by atoms with E-state index in [0.29, 0.717) is 10.6 Å². The van der Waals surface area contributed by atoms with Crippen molar-refractivity contribution in [1.82, 2.24) is 0 Å². The molecule has 1 nitrogen and oxygen atoms in total. The van der Waals surface area contributed by atoms with Crippen LogP contribution in [0.3, 0.4) is 0 Å². The largest absolute Gasteiger partial charge is 0.508 e. The maximum Gasteiger partial charge on any atom is 0.119 e. The van der Waals surface area contributed by atoms with Gasteiger partial charge in [0, 0.05) is 4.83 Å². The highest BCUT2D eigenvalue weighted by atomic mass is 79.9. The van der Waals surface area contributed by atoms with Crippen LogP contribution in [0.5, 0.6) is 5.75 Å². The minimum atomic E-state index is 0.462. The van der Waals surface area contributed by atoms with Crippen LogP contribution in [0.2, 0.25) is 0 Å². The van der Waals surface area contributed by atoms with Crippen LogP contribution in [0.15, 0.2) is 18.2 Å². The van der Waals surface area contributed by atoms with Gasteiger partial charge in [0.2, 0.25) is 0 Å². The Morgan fingerprint density at radius 2 is 2.23 bits per heavy atom. The quantitative estimate of drug-likeness (QED) is 0.546. The maximum absolute atomic E-state index is 9.68. The van der Waals surface area contributed by atoms with Crippen molar-refractivity contribution in [3.8, 4) is 5.75 Å². The van der Waals surface area contributed by atoms with Gasteiger partial charge in [0.1, 0.15) is 5.75 Å². The van der Waals surface area contributed by atoms with Gasteiger partial charge in [0.25, 0.3) is 0 Å². The van der Waals surface area contributed by atoms with E-state index < -0.39 is 0 Å². The van der Waals surface area contributed by atoms with Crippen LogP contribution >= 0.6 is 15.9 Å². The summed E-state index contributed by atoms with van der Waals surface area (Å²) >= 11 is 3.63. The number of aryl methyl sites for hydroxylation is 1. The Kier molecular flexibility index (Phi) is 2.58. The molecule has 13 heavy (non-hydrogen) atoms. The van der Waals surface area contributed by atoms with Gasteiger partial charge in [0.15, 0.2) is 0 Å². The van der Waals surface area contributed by atoms with Crippen molar-refractivity contribution >= 4 is 15.9 Å². The minimum absolute atomic E-state index is 0.462. The Hall–Kier alpha value is -0.500. The first kappa shape index (κ1) is 9.07. The molecule has 1 aromatic carbocycles. The molecule has 1 unspecified atom stereocenters. The molecule has 1 aliphatic carbocycles. The molecule has 0 fully saturated rings. The van der Waals surface area contributed by atoms with Crippen molar-refractivity contribution in [2.45, 2.75) is 30.5 Å². The van der Waals surface area contributed by atoms with Crippen molar-refractivity contribution in [3.05, 3.63) is 29.3 Å². The van der Waals surface area contributed by atoms with E-state index in [1.165, 1.54) is 18.4 Å². The topological polar surface area (TPSA) is 20.2 Å². The maximum atomic E-state index is 9.68. The van der Waals surface area contributed by atoms with Gasteiger partial charge in [-0.15, -0.1) is 0 Å². The van der Waals surface area contributed by atoms with Crippen LogP contribution in [0, 0.1) is 0 Å². The fourth-order valence-corrected chi connectivity index (χ4v) is 2.58. The molecule has 0 bridgehead atoms. The second-order valence-corrected chi connectivity index (χ2v) is 4.90. The van der Waals surface area contributed by atoms with Crippen LogP contribution < -0.4 is 0 Å². The monoisotopic (exact) mass is 240 g/mol. The second-order valence-electron chi connectivity index (χ2n) is 3.61. The molecular weight excluding hydrogens is 228 g/mol. The van der Waals surface area contributed by atoms with Gasteiger partial charge in [0.05, 0.1) is 0 Å².